The average molecular weight is 287 g/mol. The third-order valence-electron chi connectivity index (χ3n) is 1.97. The van der Waals surface area contributed by atoms with Crippen LogP contribution < -0.4 is 16.4 Å². The number of nitrogens with two attached hydrogens (primary N) is 1. The van der Waals surface area contributed by atoms with Crippen molar-refractivity contribution in [2.45, 2.75) is 6.04 Å². The number of carboxylic acid groups (broad SMARTS) is 1. The van der Waals surface area contributed by atoms with Crippen molar-refractivity contribution in [3.63, 3.8) is 0 Å². The molecule has 0 saturated carbocycles. The number of halogens is 1. The van der Waals surface area contributed by atoms with Gasteiger partial charge in [-0.2, -0.15) is 0 Å². The van der Waals surface area contributed by atoms with E-state index < -0.39 is 23.8 Å². The second-order valence-corrected chi connectivity index (χ2v) is 3.91. The lowest BCUT2D eigenvalue weighted by molar-refractivity contribution is -0.139. The zero-order valence-electron chi connectivity index (χ0n) is 9.59. The minimum absolute atomic E-state index is 0.145. The number of hydrogen-bond acceptors (Lipinski definition) is 5. The lowest BCUT2D eigenvalue weighted by Crippen LogP contribution is -2.45. The normalized spacial score (nSPS) is 11.5. The SMILES string of the molecule is N[C@@H](CNC(=O)C(=O)Nc1ccc(Cl)cn1)C(=O)O. The van der Waals surface area contributed by atoms with Crippen molar-refractivity contribution in [1.29, 1.82) is 0 Å². The topological polar surface area (TPSA) is 134 Å². The number of carbonyl (C=O) groups is 3. The molecular weight excluding hydrogens is 276 g/mol. The van der Waals surface area contributed by atoms with E-state index in [2.05, 4.69) is 15.6 Å². The number of amides is 2. The molecule has 1 atom stereocenters. The Morgan fingerprint density at radius 2 is 2.05 bits per heavy atom. The summed E-state index contributed by atoms with van der Waals surface area (Å²) < 4.78 is 0. The van der Waals surface area contributed by atoms with Crippen molar-refractivity contribution in [2.24, 2.45) is 5.73 Å². The molecular formula is C10H11ClN4O4. The molecule has 0 saturated heterocycles. The summed E-state index contributed by atoms with van der Waals surface area (Å²) in [5, 5.41) is 13.2. The van der Waals surface area contributed by atoms with Gasteiger partial charge in [-0.25, -0.2) is 4.98 Å². The molecule has 8 nitrogen and oxygen atoms in total. The molecule has 0 aliphatic rings. The summed E-state index contributed by atoms with van der Waals surface area (Å²) in [5.41, 5.74) is 5.16. The fourth-order valence-corrected chi connectivity index (χ4v) is 1.10. The lowest BCUT2D eigenvalue weighted by atomic mass is 10.3. The maximum Gasteiger partial charge on any atom is 0.322 e. The van der Waals surface area contributed by atoms with Gasteiger partial charge in [-0.1, -0.05) is 11.6 Å². The summed E-state index contributed by atoms with van der Waals surface area (Å²) in [6.07, 6.45) is 1.30. The molecule has 0 aliphatic heterocycles. The Morgan fingerprint density at radius 3 is 2.58 bits per heavy atom. The predicted molar refractivity (Wildman–Crippen MR) is 66.5 cm³/mol. The summed E-state index contributed by atoms with van der Waals surface area (Å²) in [5.74, 6) is -3.12. The molecule has 0 unspecified atom stereocenters. The molecule has 0 aliphatic carbocycles. The van der Waals surface area contributed by atoms with Gasteiger partial charge in [0.05, 0.1) is 5.02 Å². The maximum atomic E-state index is 11.4. The predicted octanol–water partition coefficient (Wildman–Crippen LogP) is -0.798. The molecule has 1 heterocycles. The zero-order chi connectivity index (χ0) is 14.4. The van der Waals surface area contributed by atoms with Gasteiger partial charge in [0.15, 0.2) is 0 Å². The highest BCUT2D eigenvalue weighted by molar-refractivity contribution is 6.39. The molecule has 0 fully saturated rings. The van der Waals surface area contributed by atoms with Crippen LogP contribution in [-0.4, -0.2) is 40.5 Å². The third kappa shape index (κ3) is 4.90. The van der Waals surface area contributed by atoms with Gasteiger partial charge in [0.2, 0.25) is 0 Å². The molecule has 0 aromatic carbocycles. The first-order chi connectivity index (χ1) is 8.90. The highest BCUT2D eigenvalue weighted by atomic mass is 35.5. The Kier molecular flexibility index (Phi) is 5.22. The van der Waals surface area contributed by atoms with Crippen LogP contribution in [0, 0.1) is 0 Å². The molecule has 1 aromatic heterocycles. The van der Waals surface area contributed by atoms with Crippen molar-refractivity contribution in [3.8, 4) is 0 Å². The Labute approximate surface area is 112 Å². The van der Waals surface area contributed by atoms with Crippen molar-refractivity contribution in [1.82, 2.24) is 10.3 Å². The summed E-state index contributed by atoms with van der Waals surface area (Å²) in [6, 6.07) is 1.63. The number of carboxylic acids is 1. The van der Waals surface area contributed by atoms with Crippen LogP contribution in [0.15, 0.2) is 18.3 Å². The Morgan fingerprint density at radius 1 is 1.37 bits per heavy atom. The summed E-state index contributed by atoms with van der Waals surface area (Å²) in [4.78, 5) is 36.9. The largest absolute Gasteiger partial charge is 0.480 e. The van der Waals surface area contributed by atoms with Gasteiger partial charge >= 0.3 is 17.8 Å². The van der Waals surface area contributed by atoms with Gasteiger partial charge in [0.1, 0.15) is 11.9 Å². The molecule has 102 valence electrons. The average Bonchev–Trinajstić information content (AvgIpc) is 2.37. The van der Waals surface area contributed by atoms with E-state index in [1.165, 1.54) is 18.3 Å². The zero-order valence-corrected chi connectivity index (χ0v) is 10.3. The van der Waals surface area contributed by atoms with Crippen LogP contribution in [0.1, 0.15) is 0 Å². The highest BCUT2D eigenvalue weighted by Gasteiger charge is 2.17. The van der Waals surface area contributed by atoms with E-state index in [0.29, 0.717) is 5.02 Å². The molecule has 0 radical (unpaired) electrons. The van der Waals surface area contributed by atoms with Gasteiger partial charge in [-0.3, -0.25) is 14.4 Å². The van der Waals surface area contributed by atoms with Crippen LogP contribution in [-0.2, 0) is 14.4 Å². The molecule has 9 heteroatoms. The monoisotopic (exact) mass is 286 g/mol. The number of aliphatic carboxylic acids is 1. The Hall–Kier alpha value is -2.19. The first-order valence-corrected chi connectivity index (χ1v) is 5.47. The molecule has 1 rings (SSSR count). The first-order valence-electron chi connectivity index (χ1n) is 5.09. The van der Waals surface area contributed by atoms with Gasteiger partial charge in [0.25, 0.3) is 0 Å². The van der Waals surface area contributed by atoms with Gasteiger partial charge in [-0.05, 0) is 12.1 Å². The van der Waals surface area contributed by atoms with Crippen LogP contribution in [0.5, 0.6) is 0 Å². The number of aromatic nitrogens is 1. The summed E-state index contributed by atoms with van der Waals surface area (Å²) >= 11 is 5.60. The quantitative estimate of drug-likeness (QED) is 0.535. The van der Waals surface area contributed by atoms with Gasteiger partial charge < -0.3 is 21.5 Å². The molecule has 5 N–H and O–H groups in total. The van der Waals surface area contributed by atoms with Crippen molar-refractivity contribution in [3.05, 3.63) is 23.4 Å². The number of anilines is 1. The number of nitrogens with zero attached hydrogens (tertiary/aromatic N) is 1. The van der Waals surface area contributed by atoms with Crippen LogP contribution in [0.4, 0.5) is 5.82 Å². The number of rotatable bonds is 4. The number of carbonyl (C=O) groups excluding carboxylic acids is 2. The number of pyridine rings is 1. The van der Waals surface area contributed by atoms with E-state index in [1.54, 1.807) is 0 Å². The molecule has 1 aromatic rings. The smallest absolute Gasteiger partial charge is 0.322 e. The summed E-state index contributed by atoms with van der Waals surface area (Å²) in [7, 11) is 0. The third-order valence-corrected chi connectivity index (χ3v) is 2.20. The second kappa shape index (κ2) is 6.66. The van der Waals surface area contributed by atoms with Gasteiger partial charge in [-0.15, -0.1) is 0 Å². The van der Waals surface area contributed by atoms with Crippen LogP contribution in [0.2, 0.25) is 5.02 Å². The van der Waals surface area contributed by atoms with E-state index in [1.807, 2.05) is 0 Å². The number of nitrogens with one attached hydrogen (secondary N) is 2. The lowest BCUT2D eigenvalue weighted by Gasteiger charge is -2.08. The Balaban J connectivity index is 2.47. The molecule has 0 bridgehead atoms. The Bertz CT molecular complexity index is 491. The van der Waals surface area contributed by atoms with E-state index in [9.17, 15) is 14.4 Å². The van der Waals surface area contributed by atoms with E-state index in [4.69, 9.17) is 22.4 Å². The minimum Gasteiger partial charge on any atom is -0.480 e. The first kappa shape index (κ1) is 14.9. The van der Waals surface area contributed by atoms with Gasteiger partial charge in [0, 0.05) is 12.7 Å². The molecule has 0 spiro atoms. The fourth-order valence-electron chi connectivity index (χ4n) is 0.993. The highest BCUT2D eigenvalue weighted by Crippen LogP contribution is 2.09. The maximum absolute atomic E-state index is 11.4. The fraction of sp³-hybridized carbons (Fsp3) is 0.200. The van der Waals surface area contributed by atoms with Crippen LogP contribution in [0.3, 0.4) is 0 Å². The van der Waals surface area contributed by atoms with Crippen molar-refractivity contribution >= 4 is 35.2 Å². The van der Waals surface area contributed by atoms with E-state index >= 15 is 0 Å². The molecule has 2 amide bonds. The van der Waals surface area contributed by atoms with Crippen molar-refractivity contribution < 1.29 is 19.5 Å². The molecule has 19 heavy (non-hydrogen) atoms. The van der Waals surface area contributed by atoms with E-state index in [-0.39, 0.29) is 12.4 Å². The van der Waals surface area contributed by atoms with Crippen molar-refractivity contribution in [2.75, 3.05) is 11.9 Å². The summed E-state index contributed by atoms with van der Waals surface area (Å²) in [6.45, 7) is -0.352. The van der Waals surface area contributed by atoms with Crippen LogP contribution in [0.25, 0.3) is 0 Å². The number of hydrogen-bond donors (Lipinski definition) is 4. The van der Waals surface area contributed by atoms with Crippen LogP contribution >= 0.6 is 11.6 Å². The second-order valence-electron chi connectivity index (χ2n) is 3.47. The standard InChI is InChI=1S/C10H11ClN4O4/c11-5-1-2-7(13-3-5)15-9(17)8(16)14-4-6(12)10(18)19/h1-3,6H,4,12H2,(H,14,16)(H,18,19)(H,13,15,17)/t6-/m0/s1. The van der Waals surface area contributed by atoms with E-state index in [0.717, 1.165) is 0 Å². The minimum atomic E-state index is -1.28.